The average molecular weight is 540 g/mol. The molecule has 38 heavy (non-hydrogen) atoms. The first-order valence-corrected chi connectivity index (χ1v) is 14.9. The molecule has 0 bridgehead atoms. The number of hydrogen-bond donors (Lipinski definition) is 2. The van der Waals surface area contributed by atoms with Crippen molar-refractivity contribution in [3.63, 3.8) is 0 Å². The van der Waals surface area contributed by atoms with Gasteiger partial charge < -0.3 is 15.5 Å². The fourth-order valence-corrected chi connectivity index (χ4v) is 7.30. The highest BCUT2D eigenvalue weighted by Gasteiger charge is 2.38. The van der Waals surface area contributed by atoms with Gasteiger partial charge in [0.05, 0.1) is 12.0 Å². The van der Waals surface area contributed by atoms with Crippen molar-refractivity contribution in [2.75, 3.05) is 23.4 Å². The molecule has 1 saturated heterocycles. The van der Waals surface area contributed by atoms with Crippen molar-refractivity contribution >= 4 is 40.5 Å². The summed E-state index contributed by atoms with van der Waals surface area (Å²) in [5, 5.41) is 8.43. The van der Waals surface area contributed by atoms with Crippen LogP contribution >= 0.6 is 23.1 Å². The van der Waals surface area contributed by atoms with E-state index in [9.17, 15) is 9.59 Å². The molecule has 2 aromatic carbocycles. The van der Waals surface area contributed by atoms with Crippen LogP contribution in [0.3, 0.4) is 0 Å². The molecule has 1 fully saturated rings. The fraction of sp³-hybridized carbons (Fsp3) is 0.226. The molecule has 2 N–H and O–H groups in total. The first-order chi connectivity index (χ1) is 18.6. The predicted octanol–water partition coefficient (Wildman–Crippen LogP) is 6.48. The largest absolute Gasteiger partial charge is 0.366 e. The van der Waals surface area contributed by atoms with E-state index in [4.69, 9.17) is 0 Å². The van der Waals surface area contributed by atoms with E-state index in [-0.39, 0.29) is 23.7 Å². The van der Waals surface area contributed by atoms with E-state index >= 15 is 0 Å². The average Bonchev–Trinajstić information content (AvgIpc) is 3.29. The van der Waals surface area contributed by atoms with Gasteiger partial charge in [-0.05, 0) is 66.3 Å². The van der Waals surface area contributed by atoms with Gasteiger partial charge in [0.25, 0.3) is 5.91 Å². The zero-order valence-corrected chi connectivity index (χ0v) is 22.8. The minimum Gasteiger partial charge on any atom is -0.366 e. The lowest BCUT2D eigenvalue weighted by Gasteiger charge is -2.42. The van der Waals surface area contributed by atoms with Gasteiger partial charge in [0.15, 0.2) is 5.78 Å². The quantitative estimate of drug-likeness (QED) is 0.364. The van der Waals surface area contributed by atoms with E-state index in [1.165, 1.54) is 11.3 Å². The normalized spacial score (nSPS) is 20.3. The van der Waals surface area contributed by atoms with Gasteiger partial charge in [-0.3, -0.25) is 9.59 Å². The van der Waals surface area contributed by atoms with Crippen LogP contribution in [0, 0.1) is 12.8 Å². The summed E-state index contributed by atoms with van der Waals surface area (Å²) in [7, 11) is 0. The number of nitrogens with zero attached hydrogens (tertiary/aromatic N) is 1. The van der Waals surface area contributed by atoms with Crippen LogP contribution in [0.1, 0.15) is 32.7 Å². The van der Waals surface area contributed by atoms with Crippen molar-refractivity contribution < 1.29 is 9.59 Å². The molecule has 192 valence electrons. The highest BCUT2D eigenvalue weighted by molar-refractivity contribution is 7.99. The smallest absolute Gasteiger partial charge is 0.256 e. The number of hydrogen-bond acceptors (Lipinski definition) is 6. The molecule has 0 saturated carbocycles. The molecule has 1 amide bonds. The van der Waals surface area contributed by atoms with Crippen LogP contribution in [-0.4, -0.2) is 40.7 Å². The van der Waals surface area contributed by atoms with Crippen LogP contribution < -0.4 is 10.6 Å². The molecule has 5 nitrogen and oxygen atoms in total. The Balaban J connectivity index is 1.20. The Kier molecular flexibility index (Phi) is 6.96. The molecule has 0 spiro atoms. The molecule has 3 aromatic rings. The standard InChI is InChI=1S/C31H29N3O2S2/c1-20-15-28(38-18-20)25-6-2-3-7-26(25)31(36)33-23-11-9-21(10-12-23)30(35)27-8-4-5-22-16-32-17-24-19-37-14-13-34(24)29(22)27/h2-7,9-12,15-18,27,29,32H,8,13-14,19H2,1H3,(H,33,36). The Bertz CT molecular complexity index is 1470. The number of fused-ring (bicyclic) bond motifs is 3. The van der Waals surface area contributed by atoms with Crippen LogP contribution in [0.5, 0.6) is 0 Å². The second-order valence-electron chi connectivity index (χ2n) is 9.81. The lowest BCUT2D eigenvalue weighted by Crippen LogP contribution is -2.47. The van der Waals surface area contributed by atoms with E-state index in [0.717, 1.165) is 40.5 Å². The summed E-state index contributed by atoms with van der Waals surface area (Å²) in [5.74, 6) is 1.85. The van der Waals surface area contributed by atoms with Gasteiger partial charge >= 0.3 is 0 Å². The minimum absolute atomic E-state index is 0.0337. The zero-order valence-electron chi connectivity index (χ0n) is 21.1. The predicted molar refractivity (Wildman–Crippen MR) is 158 cm³/mol. The van der Waals surface area contributed by atoms with Gasteiger partial charge in [-0.15, -0.1) is 11.3 Å². The minimum atomic E-state index is -0.161. The highest BCUT2D eigenvalue weighted by Crippen LogP contribution is 2.36. The second kappa shape index (κ2) is 10.7. The van der Waals surface area contributed by atoms with E-state index < -0.39 is 0 Å². The number of rotatable bonds is 5. The van der Waals surface area contributed by atoms with E-state index in [2.05, 4.69) is 52.3 Å². The maximum atomic E-state index is 13.8. The first-order valence-electron chi connectivity index (χ1n) is 12.8. The van der Waals surface area contributed by atoms with Gasteiger partial charge in [0.2, 0.25) is 0 Å². The number of Topliss-reactive ketones (excluding diaryl/α,β-unsaturated/α-hetero) is 1. The molecule has 2 atom stereocenters. The first kappa shape index (κ1) is 24.8. The number of thiophene rings is 1. The third-order valence-electron chi connectivity index (χ3n) is 7.29. The van der Waals surface area contributed by atoms with Crippen LogP contribution in [0.15, 0.2) is 95.8 Å². The fourth-order valence-electron chi connectivity index (χ4n) is 5.43. The number of carbonyl (C=O) groups is 2. The zero-order chi connectivity index (χ0) is 26.1. The Morgan fingerprint density at radius 2 is 1.92 bits per heavy atom. The van der Waals surface area contributed by atoms with Crippen molar-refractivity contribution in [1.29, 1.82) is 0 Å². The maximum absolute atomic E-state index is 13.8. The number of allylic oxidation sites excluding steroid dienone is 1. The maximum Gasteiger partial charge on any atom is 0.256 e. The number of benzene rings is 2. The molecule has 1 aromatic heterocycles. The van der Waals surface area contributed by atoms with Gasteiger partial charge in [0, 0.05) is 63.4 Å². The molecular formula is C31H29N3O2S2. The van der Waals surface area contributed by atoms with Crippen LogP contribution in [-0.2, 0) is 0 Å². The molecule has 2 aliphatic heterocycles. The Morgan fingerprint density at radius 1 is 1.08 bits per heavy atom. The van der Waals surface area contributed by atoms with Crippen molar-refractivity contribution in [1.82, 2.24) is 10.2 Å². The van der Waals surface area contributed by atoms with Crippen LogP contribution in [0.25, 0.3) is 10.4 Å². The Hall–Kier alpha value is -3.55. The van der Waals surface area contributed by atoms with E-state index in [1.807, 2.05) is 66.5 Å². The number of thioether (sulfide) groups is 1. The lowest BCUT2D eigenvalue weighted by molar-refractivity contribution is 0.0850. The summed E-state index contributed by atoms with van der Waals surface area (Å²) >= 11 is 3.57. The summed E-state index contributed by atoms with van der Waals surface area (Å²) in [5.41, 5.74) is 6.48. The van der Waals surface area contributed by atoms with Gasteiger partial charge in [0.1, 0.15) is 0 Å². The molecule has 3 heterocycles. The van der Waals surface area contributed by atoms with E-state index in [1.54, 1.807) is 11.3 Å². The van der Waals surface area contributed by atoms with Crippen molar-refractivity contribution in [3.05, 3.63) is 112 Å². The van der Waals surface area contributed by atoms with Crippen LogP contribution in [0.4, 0.5) is 5.69 Å². The molecule has 1 aliphatic carbocycles. The molecule has 6 rings (SSSR count). The van der Waals surface area contributed by atoms with Crippen molar-refractivity contribution in [2.24, 2.45) is 5.92 Å². The van der Waals surface area contributed by atoms with Gasteiger partial charge in [-0.2, -0.15) is 11.8 Å². The van der Waals surface area contributed by atoms with E-state index in [0.29, 0.717) is 16.8 Å². The summed E-state index contributed by atoms with van der Waals surface area (Å²) in [6.07, 6.45) is 9.08. The molecule has 7 heteroatoms. The third-order valence-corrected chi connectivity index (χ3v) is 9.34. The number of carbonyl (C=O) groups excluding carboxylic acids is 2. The molecule has 3 aliphatic rings. The number of anilines is 1. The summed E-state index contributed by atoms with van der Waals surface area (Å²) in [6.45, 7) is 3.00. The number of aryl methyl sites for hydroxylation is 1. The Labute approximate surface area is 231 Å². The van der Waals surface area contributed by atoms with Gasteiger partial charge in [-0.25, -0.2) is 0 Å². The van der Waals surface area contributed by atoms with Crippen LogP contribution in [0.2, 0.25) is 0 Å². The monoisotopic (exact) mass is 539 g/mol. The van der Waals surface area contributed by atoms with Crippen molar-refractivity contribution in [3.8, 4) is 10.4 Å². The number of ketones is 1. The molecule has 2 unspecified atom stereocenters. The van der Waals surface area contributed by atoms with Crippen molar-refractivity contribution in [2.45, 2.75) is 19.4 Å². The SMILES string of the molecule is Cc1csc(-c2ccccc2C(=O)Nc2ccc(C(=O)C3CC=CC4=CNC=C5CSCCN5C43)cc2)c1. The van der Waals surface area contributed by atoms with Gasteiger partial charge in [-0.1, -0.05) is 30.4 Å². The summed E-state index contributed by atoms with van der Waals surface area (Å²) in [4.78, 5) is 30.5. The summed E-state index contributed by atoms with van der Waals surface area (Å²) in [6, 6.07) is 17.1. The second-order valence-corrected chi connectivity index (χ2v) is 11.8. The summed E-state index contributed by atoms with van der Waals surface area (Å²) < 4.78 is 0. The lowest BCUT2D eigenvalue weighted by atomic mass is 9.79. The molecule has 0 radical (unpaired) electrons. The molecular weight excluding hydrogens is 510 g/mol. The Morgan fingerprint density at radius 3 is 2.74 bits per heavy atom. The number of nitrogens with one attached hydrogen (secondary N) is 2. The number of amides is 1. The topological polar surface area (TPSA) is 61.4 Å². The third kappa shape index (κ3) is 4.84. The highest BCUT2D eigenvalue weighted by atomic mass is 32.2.